The molecule has 0 unspecified atom stereocenters. The summed E-state index contributed by atoms with van der Waals surface area (Å²) in [5.41, 5.74) is 0. The second-order valence-electron chi connectivity index (χ2n) is 2.65. The minimum atomic E-state index is 0.951. The first-order valence-electron chi connectivity index (χ1n) is 2.79. The molecule has 1 radical (unpaired) electrons. The molecule has 0 N–H and O–H groups in total. The van der Waals surface area contributed by atoms with Crippen LogP contribution < -0.4 is 0 Å². The van der Waals surface area contributed by atoms with E-state index >= 15 is 0 Å². The average molecular weight is 109 g/mol. The maximum absolute atomic E-state index is 3.02. The third-order valence-corrected chi connectivity index (χ3v) is 1.25. The molecule has 43 valence electrons. The SMILES string of the molecule is C[N+]1(C)C=C[C]=CC1. The van der Waals surface area contributed by atoms with Crippen molar-refractivity contribution in [1.82, 2.24) is 0 Å². The van der Waals surface area contributed by atoms with Gasteiger partial charge in [-0.3, -0.25) is 4.48 Å². The third-order valence-electron chi connectivity index (χ3n) is 1.25. The Labute approximate surface area is 50.5 Å². The summed E-state index contributed by atoms with van der Waals surface area (Å²) in [5.74, 6) is 0. The van der Waals surface area contributed by atoms with E-state index in [1.807, 2.05) is 6.08 Å². The Morgan fingerprint density at radius 1 is 1.50 bits per heavy atom. The van der Waals surface area contributed by atoms with E-state index in [2.05, 4.69) is 32.4 Å². The lowest BCUT2D eigenvalue weighted by Gasteiger charge is -2.24. The highest BCUT2D eigenvalue weighted by atomic mass is 15.3. The minimum absolute atomic E-state index is 0.951. The molecule has 0 spiro atoms. The van der Waals surface area contributed by atoms with Crippen LogP contribution in [0, 0.1) is 6.08 Å². The van der Waals surface area contributed by atoms with Gasteiger partial charge in [0.2, 0.25) is 0 Å². The first-order chi connectivity index (χ1) is 3.71. The predicted octanol–water partition coefficient (Wildman–Crippen LogP) is 0.949. The lowest BCUT2D eigenvalue weighted by Crippen LogP contribution is -2.34. The second-order valence-corrected chi connectivity index (χ2v) is 2.65. The molecule has 1 rings (SSSR count). The van der Waals surface area contributed by atoms with E-state index < -0.39 is 0 Å². The summed E-state index contributed by atoms with van der Waals surface area (Å²) >= 11 is 0. The van der Waals surface area contributed by atoms with Crippen LogP contribution in [-0.4, -0.2) is 25.1 Å². The van der Waals surface area contributed by atoms with Crippen molar-refractivity contribution >= 4 is 0 Å². The van der Waals surface area contributed by atoms with Crippen LogP contribution in [0.5, 0.6) is 0 Å². The molecular formula is C7H11N+. The lowest BCUT2D eigenvalue weighted by atomic mass is 10.3. The largest absolute Gasteiger partial charge is 0.299 e. The molecule has 0 amide bonds. The molecular weight excluding hydrogens is 98.1 g/mol. The van der Waals surface area contributed by atoms with E-state index in [0.717, 1.165) is 11.0 Å². The smallest absolute Gasteiger partial charge is 0.102 e. The molecule has 0 aromatic carbocycles. The number of likely N-dealkylation sites (N-methyl/N-ethyl adjacent to an activating group) is 1. The van der Waals surface area contributed by atoms with Gasteiger partial charge in [0.25, 0.3) is 0 Å². The van der Waals surface area contributed by atoms with Gasteiger partial charge in [-0.25, -0.2) is 0 Å². The highest BCUT2D eigenvalue weighted by molar-refractivity contribution is 4.95. The number of rotatable bonds is 0. The van der Waals surface area contributed by atoms with Crippen LogP contribution in [0.15, 0.2) is 18.4 Å². The molecule has 0 aromatic heterocycles. The van der Waals surface area contributed by atoms with Gasteiger partial charge >= 0.3 is 0 Å². The Hall–Kier alpha value is -0.560. The lowest BCUT2D eigenvalue weighted by molar-refractivity contribution is -0.833. The molecule has 0 atom stereocenters. The van der Waals surface area contributed by atoms with Gasteiger partial charge < -0.3 is 0 Å². The molecule has 0 bridgehead atoms. The molecule has 0 aromatic rings. The molecule has 1 aliphatic heterocycles. The number of allylic oxidation sites excluding steroid dienone is 2. The molecule has 8 heavy (non-hydrogen) atoms. The monoisotopic (exact) mass is 109 g/mol. The van der Waals surface area contributed by atoms with Gasteiger partial charge in [-0.1, -0.05) is 0 Å². The van der Waals surface area contributed by atoms with Crippen LogP contribution >= 0.6 is 0 Å². The summed E-state index contributed by atoms with van der Waals surface area (Å²) in [4.78, 5) is 0. The molecule has 0 saturated carbocycles. The fraction of sp³-hybridized carbons (Fsp3) is 0.429. The van der Waals surface area contributed by atoms with Crippen LogP contribution in [0.25, 0.3) is 0 Å². The van der Waals surface area contributed by atoms with Crippen LogP contribution in [0.1, 0.15) is 0 Å². The standard InChI is InChI=1S/C7H11N/c1-8(2)6-4-3-5-7-8/h4-6H,7H2,1-2H3/q+1. The van der Waals surface area contributed by atoms with E-state index in [1.54, 1.807) is 0 Å². The van der Waals surface area contributed by atoms with Crippen molar-refractivity contribution in [2.45, 2.75) is 0 Å². The normalized spacial score (nSPS) is 23.8. The van der Waals surface area contributed by atoms with Gasteiger partial charge in [0.05, 0.1) is 20.3 Å². The zero-order chi connectivity index (χ0) is 6.04. The van der Waals surface area contributed by atoms with E-state index in [-0.39, 0.29) is 0 Å². The Morgan fingerprint density at radius 2 is 2.25 bits per heavy atom. The summed E-state index contributed by atoms with van der Waals surface area (Å²) in [6.45, 7) is 1.07. The maximum atomic E-state index is 3.02. The highest BCUT2D eigenvalue weighted by Crippen LogP contribution is 2.02. The number of quaternary nitrogens is 1. The van der Waals surface area contributed by atoms with Crippen LogP contribution in [-0.2, 0) is 0 Å². The van der Waals surface area contributed by atoms with Crippen molar-refractivity contribution in [3.63, 3.8) is 0 Å². The molecule has 0 saturated heterocycles. The van der Waals surface area contributed by atoms with Crippen molar-refractivity contribution in [2.75, 3.05) is 20.6 Å². The summed E-state index contributed by atoms with van der Waals surface area (Å²) in [7, 11) is 4.32. The summed E-state index contributed by atoms with van der Waals surface area (Å²) in [6, 6.07) is 0. The molecule has 1 aliphatic rings. The number of nitrogens with zero attached hydrogens (tertiary/aromatic N) is 1. The van der Waals surface area contributed by atoms with Gasteiger partial charge in [-0.2, -0.15) is 0 Å². The molecule has 1 heteroatoms. The Balaban J connectivity index is 2.65. The Morgan fingerprint density at radius 3 is 2.50 bits per heavy atom. The van der Waals surface area contributed by atoms with Crippen molar-refractivity contribution in [2.24, 2.45) is 0 Å². The molecule has 0 aliphatic carbocycles. The first kappa shape index (κ1) is 5.57. The van der Waals surface area contributed by atoms with Gasteiger partial charge in [-0.05, 0) is 18.2 Å². The van der Waals surface area contributed by atoms with E-state index in [1.165, 1.54) is 0 Å². The number of hydrogen-bond donors (Lipinski definition) is 0. The predicted molar refractivity (Wildman–Crippen MR) is 33.9 cm³/mol. The third kappa shape index (κ3) is 1.20. The first-order valence-corrected chi connectivity index (χ1v) is 2.79. The van der Waals surface area contributed by atoms with Crippen LogP contribution in [0.4, 0.5) is 0 Å². The minimum Gasteiger partial charge on any atom is -0.299 e. The van der Waals surface area contributed by atoms with Crippen molar-refractivity contribution in [3.8, 4) is 0 Å². The molecule has 1 nitrogen and oxygen atoms in total. The average Bonchev–Trinajstić information content (AvgIpc) is 1.65. The van der Waals surface area contributed by atoms with Crippen LogP contribution in [0.3, 0.4) is 0 Å². The molecule has 1 heterocycles. The Kier molecular flexibility index (Phi) is 1.22. The van der Waals surface area contributed by atoms with Gasteiger partial charge in [-0.15, -0.1) is 0 Å². The van der Waals surface area contributed by atoms with E-state index in [4.69, 9.17) is 0 Å². The quantitative estimate of drug-likeness (QED) is 0.406. The zero-order valence-electron chi connectivity index (χ0n) is 5.39. The second kappa shape index (κ2) is 1.75. The summed E-state index contributed by atoms with van der Waals surface area (Å²) in [6.07, 6.45) is 9.16. The van der Waals surface area contributed by atoms with E-state index in [0.29, 0.717) is 0 Å². The maximum Gasteiger partial charge on any atom is 0.102 e. The highest BCUT2D eigenvalue weighted by Gasteiger charge is 2.08. The summed E-state index contributed by atoms with van der Waals surface area (Å²) in [5, 5.41) is 0. The summed E-state index contributed by atoms with van der Waals surface area (Å²) < 4.78 is 0.951. The van der Waals surface area contributed by atoms with Gasteiger partial charge in [0.15, 0.2) is 0 Å². The van der Waals surface area contributed by atoms with Crippen LogP contribution in [0.2, 0.25) is 0 Å². The fourth-order valence-corrected chi connectivity index (χ4v) is 0.662. The van der Waals surface area contributed by atoms with E-state index in [9.17, 15) is 0 Å². The van der Waals surface area contributed by atoms with Gasteiger partial charge in [0.1, 0.15) is 6.54 Å². The molecule has 0 fully saturated rings. The topological polar surface area (TPSA) is 0 Å². The Bertz CT molecular complexity index is 131. The van der Waals surface area contributed by atoms with Crippen molar-refractivity contribution in [3.05, 3.63) is 24.4 Å². The van der Waals surface area contributed by atoms with Crippen molar-refractivity contribution in [1.29, 1.82) is 0 Å². The van der Waals surface area contributed by atoms with Crippen molar-refractivity contribution < 1.29 is 4.48 Å². The zero-order valence-corrected chi connectivity index (χ0v) is 5.39. The number of hydrogen-bond acceptors (Lipinski definition) is 0. The van der Waals surface area contributed by atoms with Gasteiger partial charge in [0, 0.05) is 0 Å². The fourth-order valence-electron chi connectivity index (χ4n) is 0.662.